The molecule has 110 valence electrons. The molecule has 3 atom stereocenters. The predicted molar refractivity (Wildman–Crippen MR) is 78.6 cm³/mol. The van der Waals surface area contributed by atoms with Gasteiger partial charge in [0.05, 0.1) is 6.04 Å². The summed E-state index contributed by atoms with van der Waals surface area (Å²) in [6.45, 7) is 5.15. The summed E-state index contributed by atoms with van der Waals surface area (Å²) in [6, 6.07) is 2.32. The summed E-state index contributed by atoms with van der Waals surface area (Å²) < 4.78 is 5.53. The van der Waals surface area contributed by atoms with Crippen molar-refractivity contribution in [2.45, 2.75) is 39.2 Å². The largest absolute Gasteiger partial charge is 0.337 e. The topological polar surface area (TPSA) is 63.8 Å². The van der Waals surface area contributed by atoms with E-state index in [2.05, 4.69) is 26.5 Å². The van der Waals surface area contributed by atoms with E-state index in [1.807, 2.05) is 20.0 Å². The van der Waals surface area contributed by atoms with E-state index in [1.54, 1.807) is 0 Å². The molecule has 5 nitrogen and oxygen atoms in total. The van der Waals surface area contributed by atoms with Crippen LogP contribution in [0.5, 0.6) is 0 Å². The number of aryl methyl sites for hydroxylation is 2. The standard InChI is InChI=1S/C16H20N4O/c1-9-6-10(2)13(17-7-9)15-19-16(21-20-15)14-12-5-3-4-11(12)8-18-14/h6-7,11-12,14,18H,3-5,8H2,1-2H3. The molecule has 2 aromatic heterocycles. The Morgan fingerprint density at radius 3 is 3.05 bits per heavy atom. The van der Waals surface area contributed by atoms with Gasteiger partial charge in [-0.3, -0.25) is 4.98 Å². The second kappa shape index (κ2) is 4.91. The van der Waals surface area contributed by atoms with Gasteiger partial charge in [0, 0.05) is 6.20 Å². The molecule has 2 aliphatic rings. The molecule has 0 bridgehead atoms. The van der Waals surface area contributed by atoms with Crippen LogP contribution in [0.25, 0.3) is 11.5 Å². The minimum Gasteiger partial charge on any atom is -0.337 e. The van der Waals surface area contributed by atoms with E-state index in [9.17, 15) is 0 Å². The lowest BCUT2D eigenvalue weighted by atomic mass is 9.94. The number of hydrogen-bond acceptors (Lipinski definition) is 5. The first-order chi connectivity index (χ1) is 10.2. The van der Waals surface area contributed by atoms with Gasteiger partial charge in [0.2, 0.25) is 11.7 Å². The van der Waals surface area contributed by atoms with Crippen molar-refractivity contribution in [1.29, 1.82) is 0 Å². The van der Waals surface area contributed by atoms with E-state index >= 15 is 0 Å². The Morgan fingerprint density at radius 2 is 2.19 bits per heavy atom. The van der Waals surface area contributed by atoms with E-state index in [0.717, 1.165) is 35.2 Å². The lowest BCUT2D eigenvalue weighted by molar-refractivity contribution is 0.302. The molecule has 0 aromatic carbocycles. The zero-order valence-electron chi connectivity index (χ0n) is 12.5. The van der Waals surface area contributed by atoms with Crippen LogP contribution < -0.4 is 5.32 Å². The normalized spacial score (nSPS) is 28.0. The van der Waals surface area contributed by atoms with Crippen molar-refractivity contribution >= 4 is 0 Å². The van der Waals surface area contributed by atoms with Crippen molar-refractivity contribution in [3.05, 3.63) is 29.3 Å². The first kappa shape index (κ1) is 13.0. The van der Waals surface area contributed by atoms with E-state index in [0.29, 0.717) is 11.7 Å². The van der Waals surface area contributed by atoms with Crippen LogP contribution in [0, 0.1) is 25.7 Å². The Labute approximate surface area is 124 Å². The highest BCUT2D eigenvalue weighted by molar-refractivity contribution is 5.54. The second-order valence-electron chi connectivity index (χ2n) is 6.38. The highest BCUT2D eigenvalue weighted by Gasteiger charge is 2.42. The van der Waals surface area contributed by atoms with Crippen molar-refractivity contribution in [1.82, 2.24) is 20.4 Å². The minimum absolute atomic E-state index is 0.226. The molecule has 2 aromatic rings. The van der Waals surface area contributed by atoms with Crippen LogP contribution in [0.3, 0.4) is 0 Å². The molecule has 1 aliphatic heterocycles. The molecule has 1 saturated heterocycles. The van der Waals surface area contributed by atoms with Gasteiger partial charge in [0.25, 0.3) is 0 Å². The Hall–Kier alpha value is -1.75. The van der Waals surface area contributed by atoms with Crippen LogP contribution in [0.4, 0.5) is 0 Å². The van der Waals surface area contributed by atoms with Crippen LogP contribution >= 0.6 is 0 Å². The molecule has 3 heterocycles. The van der Waals surface area contributed by atoms with Gasteiger partial charge in [-0.15, -0.1) is 0 Å². The van der Waals surface area contributed by atoms with Crippen molar-refractivity contribution < 1.29 is 4.52 Å². The van der Waals surface area contributed by atoms with Crippen LogP contribution in [-0.2, 0) is 0 Å². The van der Waals surface area contributed by atoms with E-state index in [4.69, 9.17) is 4.52 Å². The van der Waals surface area contributed by atoms with Crippen molar-refractivity contribution in [3.8, 4) is 11.5 Å². The average molecular weight is 284 g/mol. The summed E-state index contributed by atoms with van der Waals surface area (Å²) in [5, 5.41) is 7.69. The first-order valence-corrected chi connectivity index (χ1v) is 7.73. The SMILES string of the molecule is Cc1cnc(-c2noc(C3NCC4CCCC43)n2)c(C)c1. The molecule has 0 spiro atoms. The first-order valence-electron chi connectivity index (χ1n) is 7.73. The van der Waals surface area contributed by atoms with Gasteiger partial charge in [-0.25, -0.2) is 0 Å². The molecule has 3 unspecified atom stereocenters. The molecule has 1 N–H and O–H groups in total. The fraction of sp³-hybridized carbons (Fsp3) is 0.562. The summed E-state index contributed by atoms with van der Waals surface area (Å²) >= 11 is 0. The van der Waals surface area contributed by atoms with Gasteiger partial charge in [0.1, 0.15) is 5.69 Å². The maximum Gasteiger partial charge on any atom is 0.244 e. The van der Waals surface area contributed by atoms with Crippen LogP contribution in [-0.4, -0.2) is 21.7 Å². The molecule has 4 rings (SSSR count). The molecule has 2 fully saturated rings. The molecule has 5 heteroatoms. The fourth-order valence-corrected chi connectivity index (χ4v) is 3.87. The maximum atomic E-state index is 5.53. The molecule has 21 heavy (non-hydrogen) atoms. The summed E-state index contributed by atoms with van der Waals surface area (Å²) in [6.07, 6.45) is 5.77. The Balaban J connectivity index is 1.64. The second-order valence-corrected chi connectivity index (χ2v) is 6.38. The molecular weight excluding hydrogens is 264 g/mol. The lowest BCUT2D eigenvalue weighted by Gasteiger charge is -2.13. The summed E-state index contributed by atoms with van der Waals surface area (Å²) in [4.78, 5) is 9.06. The zero-order chi connectivity index (χ0) is 14.4. The van der Waals surface area contributed by atoms with Crippen molar-refractivity contribution in [2.75, 3.05) is 6.54 Å². The quantitative estimate of drug-likeness (QED) is 0.918. The van der Waals surface area contributed by atoms with E-state index in [-0.39, 0.29) is 6.04 Å². The van der Waals surface area contributed by atoms with Gasteiger partial charge in [-0.1, -0.05) is 17.6 Å². The molecular formula is C16H20N4O. The van der Waals surface area contributed by atoms with Gasteiger partial charge < -0.3 is 9.84 Å². The van der Waals surface area contributed by atoms with Crippen LogP contribution in [0.15, 0.2) is 16.8 Å². The maximum absolute atomic E-state index is 5.53. The summed E-state index contributed by atoms with van der Waals surface area (Å²) in [5.41, 5.74) is 3.04. The summed E-state index contributed by atoms with van der Waals surface area (Å²) in [5.74, 6) is 2.77. The number of rotatable bonds is 2. The smallest absolute Gasteiger partial charge is 0.244 e. The van der Waals surface area contributed by atoms with Gasteiger partial charge in [-0.05, 0) is 56.2 Å². The van der Waals surface area contributed by atoms with Crippen LogP contribution in [0.1, 0.15) is 42.3 Å². The number of hydrogen-bond donors (Lipinski definition) is 1. The third kappa shape index (κ3) is 2.16. The van der Waals surface area contributed by atoms with Crippen molar-refractivity contribution in [3.63, 3.8) is 0 Å². The number of fused-ring (bicyclic) bond motifs is 1. The van der Waals surface area contributed by atoms with Gasteiger partial charge >= 0.3 is 0 Å². The molecule has 1 aliphatic carbocycles. The monoisotopic (exact) mass is 284 g/mol. The fourth-order valence-electron chi connectivity index (χ4n) is 3.87. The third-order valence-electron chi connectivity index (χ3n) is 4.88. The molecule has 0 radical (unpaired) electrons. The Kier molecular flexibility index (Phi) is 3.03. The van der Waals surface area contributed by atoms with E-state index < -0.39 is 0 Å². The molecule has 1 saturated carbocycles. The summed E-state index contributed by atoms with van der Waals surface area (Å²) in [7, 11) is 0. The lowest BCUT2D eigenvalue weighted by Crippen LogP contribution is -2.18. The van der Waals surface area contributed by atoms with Gasteiger partial charge in [-0.2, -0.15) is 4.98 Å². The number of nitrogens with zero attached hydrogens (tertiary/aromatic N) is 3. The average Bonchev–Trinajstić information content (AvgIpc) is 3.13. The highest BCUT2D eigenvalue weighted by Crippen LogP contribution is 2.44. The number of nitrogens with one attached hydrogen (secondary N) is 1. The third-order valence-corrected chi connectivity index (χ3v) is 4.88. The predicted octanol–water partition coefficient (Wildman–Crippen LogP) is 2.81. The van der Waals surface area contributed by atoms with Crippen LogP contribution in [0.2, 0.25) is 0 Å². The van der Waals surface area contributed by atoms with Crippen molar-refractivity contribution in [2.24, 2.45) is 11.8 Å². The minimum atomic E-state index is 0.226. The zero-order valence-corrected chi connectivity index (χ0v) is 12.5. The molecule has 0 amide bonds. The Bertz CT molecular complexity index is 666. The number of aromatic nitrogens is 3. The van der Waals surface area contributed by atoms with Gasteiger partial charge in [0.15, 0.2) is 0 Å². The Morgan fingerprint density at radius 1 is 1.29 bits per heavy atom. The highest BCUT2D eigenvalue weighted by atomic mass is 16.5. The number of pyridine rings is 1. The van der Waals surface area contributed by atoms with E-state index in [1.165, 1.54) is 19.3 Å².